The van der Waals surface area contributed by atoms with Gasteiger partial charge < -0.3 is 15.4 Å². The summed E-state index contributed by atoms with van der Waals surface area (Å²) in [6.07, 6.45) is 4.61. The van der Waals surface area contributed by atoms with Crippen molar-refractivity contribution in [3.8, 4) is 5.75 Å². The van der Waals surface area contributed by atoms with Crippen LogP contribution in [-0.2, 0) is 4.79 Å². The van der Waals surface area contributed by atoms with Crippen molar-refractivity contribution in [3.05, 3.63) is 23.8 Å². The van der Waals surface area contributed by atoms with Gasteiger partial charge in [0.2, 0.25) is 5.91 Å². The summed E-state index contributed by atoms with van der Waals surface area (Å²) in [5.74, 6) is 0.964. The molecule has 2 saturated heterocycles. The first-order chi connectivity index (χ1) is 11.2. The first-order valence-corrected chi connectivity index (χ1v) is 8.72. The molecule has 0 bridgehead atoms. The average Bonchev–Trinajstić information content (AvgIpc) is 3.22. The molecule has 2 heterocycles. The van der Waals surface area contributed by atoms with E-state index in [1.165, 1.54) is 25.9 Å². The van der Waals surface area contributed by atoms with Crippen LogP contribution in [0.2, 0.25) is 0 Å². The molecule has 0 radical (unpaired) electrons. The Morgan fingerprint density at radius 1 is 1.35 bits per heavy atom. The zero-order chi connectivity index (χ0) is 16.1. The van der Waals surface area contributed by atoms with Crippen LogP contribution in [0, 0.1) is 6.92 Å². The van der Waals surface area contributed by atoms with Gasteiger partial charge in [0, 0.05) is 12.2 Å². The number of carbonyl (C=O) groups is 1. The minimum absolute atomic E-state index is 0.0494. The van der Waals surface area contributed by atoms with Crippen LogP contribution in [-0.4, -0.2) is 49.6 Å². The van der Waals surface area contributed by atoms with E-state index >= 15 is 0 Å². The van der Waals surface area contributed by atoms with E-state index in [0.29, 0.717) is 0 Å². The summed E-state index contributed by atoms with van der Waals surface area (Å²) in [6, 6.07) is 5.81. The highest BCUT2D eigenvalue weighted by atomic mass is 16.5. The molecular weight excluding hydrogens is 290 g/mol. The van der Waals surface area contributed by atoms with Gasteiger partial charge in [-0.1, -0.05) is 0 Å². The first kappa shape index (κ1) is 16.3. The Morgan fingerprint density at radius 2 is 2.17 bits per heavy atom. The Hall–Kier alpha value is -1.59. The summed E-state index contributed by atoms with van der Waals surface area (Å²) in [6.45, 7) is 7.06. The van der Waals surface area contributed by atoms with Crippen LogP contribution in [0.25, 0.3) is 0 Å². The highest BCUT2D eigenvalue weighted by Gasteiger charge is 2.22. The third kappa shape index (κ3) is 4.45. The average molecular weight is 317 g/mol. The zero-order valence-electron chi connectivity index (χ0n) is 13.9. The molecule has 2 aliphatic rings. The number of aryl methyl sites for hydroxylation is 1. The normalized spacial score (nSPS) is 21.5. The van der Waals surface area contributed by atoms with Crippen molar-refractivity contribution in [2.75, 3.05) is 38.1 Å². The van der Waals surface area contributed by atoms with Gasteiger partial charge in [-0.2, -0.15) is 0 Å². The Kier molecular flexibility index (Phi) is 5.51. The predicted molar refractivity (Wildman–Crippen MR) is 92.0 cm³/mol. The number of ether oxygens (including phenoxy) is 1. The number of nitrogens with zero attached hydrogens (tertiary/aromatic N) is 1. The molecule has 2 N–H and O–H groups in total. The van der Waals surface area contributed by atoms with Gasteiger partial charge in [0.25, 0.3) is 0 Å². The third-order valence-corrected chi connectivity index (χ3v) is 4.68. The molecule has 0 spiro atoms. The molecule has 23 heavy (non-hydrogen) atoms. The molecule has 0 aliphatic carbocycles. The van der Waals surface area contributed by atoms with Crippen molar-refractivity contribution in [3.63, 3.8) is 0 Å². The van der Waals surface area contributed by atoms with Crippen LogP contribution in [0.1, 0.15) is 31.2 Å². The van der Waals surface area contributed by atoms with E-state index in [0.717, 1.165) is 49.5 Å². The van der Waals surface area contributed by atoms with Crippen LogP contribution in [0.15, 0.2) is 18.2 Å². The van der Waals surface area contributed by atoms with E-state index < -0.39 is 0 Å². The predicted octanol–water partition coefficient (Wildman–Crippen LogP) is 2.16. The number of nitrogens with one attached hydrogen (secondary N) is 2. The number of carbonyl (C=O) groups excluding carboxylic acids is 1. The maximum Gasteiger partial charge on any atom is 0.241 e. The fourth-order valence-electron chi connectivity index (χ4n) is 3.32. The maximum atomic E-state index is 12.1. The maximum absolute atomic E-state index is 12.1. The number of likely N-dealkylation sites (tertiary alicyclic amines) is 1. The van der Waals surface area contributed by atoms with Crippen molar-refractivity contribution in [1.82, 2.24) is 10.2 Å². The van der Waals surface area contributed by atoms with E-state index in [-0.39, 0.29) is 11.9 Å². The number of amides is 1. The summed E-state index contributed by atoms with van der Waals surface area (Å²) in [7, 11) is 0. The molecule has 5 heteroatoms. The molecule has 0 aromatic heterocycles. The van der Waals surface area contributed by atoms with Crippen molar-refractivity contribution in [2.45, 2.75) is 38.6 Å². The van der Waals surface area contributed by atoms with Crippen LogP contribution >= 0.6 is 0 Å². The van der Waals surface area contributed by atoms with Crippen LogP contribution in [0.4, 0.5) is 5.69 Å². The van der Waals surface area contributed by atoms with Gasteiger partial charge in [-0.25, -0.2) is 0 Å². The van der Waals surface area contributed by atoms with Gasteiger partial charge in [0.1, 0.15) is 12.4 Å². The second-order valence-electron chi connectivity index (χ2n) is 6.52. The number of anilines is 1. The molecule has 1 amide bonds. The highest BCUT2D eigenvalue weighted by molar-refractivity contribution is 5.95. The van der Waals surface area contributed by atoms with E-state index in [9.17, 15) is 4.79 Å². The molecule has 3 rings (SSSR count). The van der Waals surface area contributed by atoms with Crippen LogP contribution < -0.4 is 15.4 Å². The van der Waals surface area contributed by atoms with Gasteiger partial charge in [0.05, 0.1) is 6.04 Å². The fourth-order valence-corrected chi connectivity index (χ4v) is 3.32. The second-order valence-corrected chi connectivity index (χ2v) is 6.52. The third-order valence-electron chi connectivity index (χ3n) is 4.68. The lowest BCUT2D eigenvalue weighted by molar-refractivity contribution is -0.117. The lowest BCUT2D eigenvalue weighted by Crippen LogP contribution is -2.35. The Bertz CT molecular complexity index is 535. The van der Waals surface area contributed by atoms with Crippen LogP contribution in [0.5, 0.6) is 5.75 Å². The number of benzene rings is 1. The lowest BCUT2D eigenvalue weighted by Gasteiger charge is -2.16. The summed E-state index contributed by atoms with van der Waals surface area (Å²) in [5.41, 5.74) is 1.90. The van der Waals surface area contributed by atoms with Gasteiger partial charge in [-0.3, -0.25) is 9.69 Å². The van der Waals surface area contributed by atoms with Crippen molar-refractivity contribution < 1.29 is 9.53 Å². The lowest BCUT2D eigenvalue weighted by atomic mass is 10.1. The quantitative estimate of drug-likeness (QED) is 0.844. The number of rotatable bonds is 6. The van der Waals surface area contributed by atoms with Gasteiger partial charge in [-0.05, 0) is 76.0 Å². The number of hydrogen-bond donors (Lipinski definition) is 2. The fraction of sp³-hybridized carbons (Fsp3) is 0.611. The van der Waals surface area contributed by atoms with Crippen molar-refractivity contribution in [2.24, 2.45) is 0 Å². The van der Waals surface area contributed by atoms with Crippen molar-refractivity contribution >= 4 is 11.6 Å². The summed E-state index contributed by atoms with van der Waals surface area (Å²) < 4.78 is 5.89. The van der Waals surface area contributed by atoms with E-state index in [4.69, 9.17) is 4.74 Å². The van der Waals surface area contributed by atoms with Crippen molar-refractivity contribution in [1.29, 1.82) is 0 Å². The van der Waals surface area contributed by atoms with E-state index in [2.05, 4.69) is 15.5 Å². The Balaban J connectivity index is 1.49. The van der Waals surface area contributed by atoms with Gasteiger partial charge in [-0.15, -0.1) is 0 Å². The minimum Gasteiger partial charge on any atom is -0.492 e. The molecule has 126 valence electrons. The highest BCUT2D eigenvalue weighted by Crippen LogP contribution is 2.22. The summed E-state index contributed by atoms with van der Waals surface area (Å²) in [4.78, 5) is 14.6. The number of hydrogen-bond acceptors (Lipinski definition) is 4. The smallest absolute Gasteiger partial charge is 0.241 e. The Morgan fingerprint density at radius 3 is 2.87 bits per heavy atom. The molecule has 0 unspecified atom stereocenters. The first-order valence-electron chi connectivity index (χ1n) is 8.72. The molecule has 1 atom stereocenters. The molecule has 2 fully saturated rings. The second kappa shape index (κ2) is 7.79. The summed E-state index contributed by atoms with van der Waals surface area (Å²) in [5, 5.41) is 6.20. The monoisotopic (exact) mass is 317 g/mol. The van der Waals surface area contributed by atoms with Gasteiger partial charge in [0.15, 0.2) is 0 Å². The summed E-state index contributed by atoms with van der Waals surface area (Å²) >= 11 is 0. The minimum atomic E-state index is -0.0494. The SMILES string of the molecule is Cc1cc(NC(=O)[C@@H]2CCCN2)ccc1OCCN1CCCC1. The molecule has 1 aromatic rings. The van der Waals surface area contributed by atoms with Crippen LogP contribution in [0.3, 0.4) is 0 Å². The zero-order valence-corrected chi connectivity index (χ0v) is 13.9. The largest absolute Gasteiger partial charge is 0.492 e. The van der Waals surface area contributed by atoms with Gasteiger partial charge >= 0.3 is 0 Å². The molecule has 2 aliphatic heterocycles. The standard InChI is InChI=1S/C18H27N3O2/c1-14-13-15(20-18(22)16-5-4-8-19-16)6-7-17(14)23-12-11-21-9-2-3-10-21/h6-7,13,16,19H,2-5,8-12H2,1H3,(H,20,22)/t16-/m0/s1. The van der Waals surface area contributed by atoms with E-state index in [1.54, 1.807) is 0 Å². The topological polar surface area (TPSA) is 53.6 Å². The molecule has 0 saturated carbocycles. The molecular formula is C18H27N3O2. The Labute approximate surface area is 138 Å². The van der Waals surface area contributed by atoms with E-state index in [1.807, 2.05) is 25.1 Å². The molecule has 1 aromatic carbocycles. The molecule has 5 nitrogen and oxygen atoms in total.